The van der Waals surface area contributed by atoms with E-state index in [1.807, 2.05) is 84.9 Å². The third kappa shape index (κ3) is 3.20. The van der Waals surface area contributed by atoms with Crippen molar-refractivity contribution in [2.24, 2.45) is 0 Å². The molecule has 0 saturated heterocycles. The predicted molar refractivity (Wildman–Crippen MR) is 133 cm³/mol. The third-order valence-corrected chi connectivity index (χ3v) is 6.86. The van der Waals surface area contributed by atoms with Gasteiger partial charge in [0.25, 0.3) is 0 Å². The van der Waals surface area contributed by atoms with Gasteiger partial charge in [-0.05, 0) is 46.5 Å². The van der Waals surface area contributed by atoms with E-state index in [9.17, 15) is 4.79 Å². The van der Waals surface area contributed by atoms with Crippen molar-refractivity contribution in [3.05, 3.63) is 116 Å². The maximum atomic E-state index is 13.7. The first-order valence-corrected chi connectivity index (χ1v) is 11.4. The van der Waals surface area contributed by atoms with Crippen LogP contribution in [0, 0.1) is 0 Å². The van der Waals surface area contributed by atoms with Gasteiger partial charge in [-0.15, -0.1) is 0 Å². The quantitative estimate of drug-likeness (QED) is 0.215. The summed E-state index contributed by atoms with van der Waals surface area (Å²) >= 11 is 12.9. The Morgan fingerprint density at radius 2 is 0.967 bits per heavy atom. The molecule has 30 heavy (non-hydrogen) atoms. The fourth-order valence-electron chi connectivity index (χ4n) is 3.98. The van der Waals surface area contributed by atoms with Crippen molar-refractivity contribution >= 4 is 54.7 Å². The second kappa shape index (κ2) is 7.69. The number of ketones is 1. The van der Waals surface area contributed by atoms with Crippen LogP contribution in [0.2, 0.25) is 0 Å². The number of thiocarbonyl (C=S) groups is 1. The summed E-state index contributed by atoms with van der Waals surface area (Å²) in [7, 11) is 0. The monoisotopic (exact) mass is 532 g/mol. The zero-order valence-corrected chi connectivity index (χ0v) is 19.6. The van der Waals surface area contributed by atoms with Crippen LogP contribution in [0.5, 0.6) is 0 Å². The molecule has 4 heteroatoms. The predicted octanol–water partition coefficient (Wildman–Crippen LogP) is 7.86. The number of carbonyl (C=O) groups is 1. The molecular weight excluding hydrogens is 520 g/mol. The fourth-order valence-corrected chi connectivity index (χ4v) is 4.90. The Morgan fingerprint density at radius 3 is 1.50 bits per heavy atom. The van der Waals surface area contributed by atoms with E-state index < -0.39 is 0 Å². The number of benzene rings is 4. The van der Waals surface area contributed by atoms with Crippen LogP contribution in [-0.4, -0.2) is 10.6 Å². The molecule has 0 fully saturated rings. The minimum Gasteiger partial charge on any atom is -0.289 e. The number of fused-ring (bicyclic) bond motifs is 2. The Hall–Kier alpha value is -2.40. The largest absolute Gasteiger partial charge is 0.289 e. The maximum absolute atomic E-state index is 13.7. The number of hydrogen-bond donors (Lipinski definition) is 0. The first-order chi connectivity index (χ1) is 14.5. The van der Waals surface area contributed by atoms with Crippen LogP contribution in [0.4, 0.5) is 0 Å². The number of halogens is 2. The minimum absolute atomic E-state index is 0.0195. The highest BCUT2D eigenvalue weighted by Crippen LogP contribution is 2.39. The molecule has 0 amide bonds. The molecule has 1 nitrogen and oxygen atoms in total. The number of rotatable bonds is 2. The topological polar surface area (TPSA) is 17.1 Å². The van der Waals surface area contributed by atoms with Crippen LogP contribution in [0.1, 0.15) is 27.0 Å². The lowest BCUT2D eigenvalue weighted by atomic mass is 9.78. The van der Waals surface area contributed by atoms with Gasteiger partial charge < -0.3 is 0 Å². The van der Waals surface area contributed by atoms with Gasteiger partial charge >= 0.3 is 0 Å². The molecule has 1 aliphatic rings. The minimum atomic E-state index is 0.0195. The first-order valence-electron chi connectivity index (χ1n) is 9.42. The Labute approximate surface area is 197 Å². The summed E-state index contributed by atoms with van der Waals surface area (Å²) in [4.78, 5) is 14.4. The van der Waals surface area contributed by atoms with Crippen molar-refractivity contribution in [1.29, 1.82) is 0 Å². The van der Waals surface area contributed by atoms with Gasteiger partial charge in [0.15, 0.2) is 5.78 Å². The molecule has 0 N–H and O–H groups in total. The van der Waals surface area contributed by atoms with Crippen LogP contribution < -0.4 is 0 Å². The summed E-state index contributed by atoms with van der Waals surface area (Å²) in [6.07, 6.45) is 0. The van der Waals surface area contributed by atoms with E-state index in [0.29, 0.717) is 11.1 Å². The van der Waals surface area contributed by atoms with Crippen molar-refractivity contribution in [3.8, 4) is 22.3 Å². The van der Waals surface area contributed by atoms with Crippen LogP contribution in [0.15, 0.2) is 93.9 Å². The van der Waals surface area contributed by atoms with E-state index in [0.717, 1.165) is 47.2 Å². The molecule has 1 aliphatic carbocycles. The molecule has 0 saturated carbocycles. The van der Waals surface area contributed by atoms with Crippen molar-refractivity contribution in [2.45, 2.75) is 0 Å². The highest BCUT2D eigenvalue weighted by atomic mass is 79.9. The molecular formula is C26H14Br2OS. The van der Waals surface area contributed by atoms with Crippen molar-refractivity contribution in [3.63, 3.8) is 0 Å². The van der Waals surface area contributed by atoms with E-state index in [1.54, 1.807) is 0 Å². The molecule has 0 radical (unpaired) electrons. The molecule has 0 atom stereocenters. The van der Waals surface area contributed by atoms with Gasteiger partial charge in [-0.2, -0.15) is 0 Å². The Balaban J connectivity index is 1.73. The van der Waals surface area contributed by atoms with Crippen LogP contribution in [-0.2, 0) is 0 Å². The third-order valence-electron chi connectivity index (χ3n) is 5.38. The summed E-state index contributed by atoms with van der Waals surface area (Å²) in [6, 6.07) is 27.9. The number of carbonyl (C=O) groups excluding carboxylic acids is 1. The first kappa shape index (κ1) is 19.6. The lowest BCUT2D eigenvalue weighted by Crippen LogP contribution is -2.22. The second-order valence-electron chi connectivity index (χ2n) is 7.13. The fraction of sp³-hybridized carbons (Fsp3) is 0. The molecule has 4 aromatic rings. The Bertz CT molecular complexity index is 1220. The summed E-state index contributed by atoms with van der Waals surface area (Å²) < 4.78 is 2.02. The van der Waals surface area contributed by atoms with E-state index in [2.05, 4.69) is 31.9 Å². The van der Waals surface area contributed by atoms with Gasteiger partial charge in [0, 0.05) is 31.2 Å². The van der Waals surface area contributed by atoms with Crippen LogP contribution in [0.25, 0.3) is 22.3 Å². The Morgan fingerprint density at radius 1 is 0.533 bits per heavy atom. The second-order valence-corrected chi connectivity index (χ2v) is 9.37. The highest BCUT2D eigenvalue weighted by molar-refractivity contribution is 9.10. The molecule has 0 spiro atoms. The smallest absolute Gasteiger partial charge is 0.194 e. The summed E-state index contributed by atoms with van der Waals surface area (Å²) in [5.41, 5.74) is 6.96. The molecule has 0 bridgehead atoms. The maximum Gasteiger partial charge on any atom is 0.194 e. The zero-order valence-electron chi connectivity index (χ0n) is 15.7. The van der Waals surface area contributed by atoms with Gasteiger partial charge in [-0.3, -0.25) is 4.79 Å². The van der Waals surface area contributed by atoms with E-state index in [-0.39, 0.29) is 5.78 Å². The van der Waals surface area contributed by atoms with Crippen molar-refractivity contribution in [1.82, 2.24) is 0 Å². The van der Waals surface area contributed by atoms with Crippen molar-refractivity contribution < 1.29 is 4.79 Å². The summed E-state index contributed by atoms with van der Waals surface area (Å²) in [5, 5.41) is 0. The van der Waals surface area contributed by atoms with Crippen LogP contribution >= 0.6 is 44.1 Å². The molecule has 0 aliphatic heterocycles. The zero-order chi connectivity index (χ0) is 20.8. The lowest BCUT2D eigenvalue weighted by molar-refractivity contribution is 0.103. The molecule has 144 valence electrons. The SMILES string of the molecule is O=C1c2cccc(-c3ccc(Br)cc3)c2C(=S)c2cccc(-c3ccc(Br)cc3)c21. The molecule has 0 aromatic heterocycles. The highest BCUT2D eigenvalue weighted by Gasteiger charge is 2.31. The summed E-state index contributed by atoms with van der Waals surface area (Å²) in [6.45, 7) is 0. The average molecular weight is 534 g/mol. The van der Waals surface area contributed by atoms with E-state index >= 15 is 0 Å². The van der Waals surface area contributed by atoms with E-state index in [4.69, 9.17) is 12.2 Å². The average Bonchev–Trinajstić information content (AvgIpc) is 2.77. The molecule has 4 aromatic carbocycles. The lowest BCUT2D eigenvalue weighted by Gasteiger charge is -2.24. The molecule has 0 unspecified atom stereocenters. The molecule has 0 heterocycles. The van der Waals surface area contributed by atoms with Crippen molar-refractivity contribution in [2.75, 3.05) is 0 Å². The van der Waals surface area contributed by atoms with E-state index in [1.165, 1.54) is 0 Å². The van der Waals surface area contributed by atoms with Gasteiger partial charge in [0.1, 0.15) is 0 Å². The normalized spacial score (nSPS) is 12.5. The van der Waals surface area contributed by atoms with Gasteiger partial charge in [-0.1, -0.05) is 105 Å². The summed E-state index contributed by atoms with van der Waals surface area (Å²) in [5.74, 6) is 0.0195. The number of hydrogen-bond acceptors (Lipinski definition) is 2. The standard InChI is InChI=1S/C26H14Br2OS/c27-17-11-7-15(8-12-17)19-3-2-6-22-23(19)25(29)21-5-1-4-20(24(21)26(22)30)16-9-13-18(28)14-10-16/h1-14H. The van der Waals surface area contributed by atoms with Gasteiger partial charge in [0.2, 0.25) is 0 Å². The van der Waals surface area contributed by atoms with Gasteiger partial charge in [0.05, 0.1) is 4.86 Å². The van der Waals surface area contributed by atoms with Gasteiger partial charge in [-0.25, -0.2) is 0 Å². The molecule has 5 rings (SSSR count). The Kier molecular flexibility index (Phi) is 5.02. The van der Waals surface area contributed by atoms with Crippen LogP contribution in [0.3, 0.4) is 0 Å².